The van der Waals surface area contributed by atoms with Crippen LogP contribution in [0.25, 0.3) is 5.57 Å². The average molecular weight is 247 g/mol. The molecule has 1 rings (SSSR count). The number of hydrogen-bond donors (Lipinski definition) is 1. The number of rotatable bonds is 4. The van der Waals surface area contributed by atoms with Gasteiger partial charge in [0.25, 0.3) is 0 Å². The SMILES string of the molecule is C=C(CC(C)(C)C)Nc1ccc(C(=C)C)cc1F. The Bertz CT molecular complexity index is 466. The molecule has 1 nitrogen and oxygen atoms in total. The Balaban J connectivity index is 2.80. The zero-order valence-corrected chi connectivity index (χ0v) is 11.7. The minimum absolute atomic E-state index is 0.137. The summed E-state index contributed by atoms with van der Waals surface area (Å²) in [6.07, 6.45) is 0.800. The molecule has 2 heteroatoms. The van der Waals surface area contributed by atoms with Crippen LogP contribution in [0, 0.1) is 11.2 Å². The first-order valence-electron chi connectivity index (χ1n) is 6.09. The summed E-state index contributed by atoms with van der Waals surface area (Å²) in [4.78, 5) is 0. The van der Waals surface area contributed by atoms with Gasteiger partial charge in [0.2, 0.25) is 0 Å². The van der Waals surface area contributed by atoms with Crippen LogP contribution in [0.2, 0.25) is 0 Å². The highest BCUT2D eigenvalue weighted by Gasteiger charge is 2.13. The largest absolute Gasteiger partial charge is 0.357 e. The van der Waals surface area contributed by atoms with E-state index >= 15 is 0 Å². The number of hydrogen-bond acceptors (Lipinski definition) is 1. The molecule has 18 heavy (non-hydrogen) atoms. The molecule has 0 spiro atoms. The van der Waals surface area contributed by atoms with Gasteiger partial charge in [-0.2, -0.15) is 0 Å². The first-order valence-corrected chi connectivity index (χ1v) is 6.09. The van der Waals surface area contributed by atoms with Crippen molar-refractivity contribution in [1.82, 2.24) is 0 Å². The van der Waals surface area contributed by atoms with E-state index in [2.05, 4.69) is 39.2 Å². The molecule has 1 aromatic carbocycles. The van der Waals surface area contributed by atoms with Crippen LogP contribution >= 0.6 is 0 Å². The molecule has 0 bridgehead atoms. The lowest BCUT2D eigenvalue weighted by Gasteiger charge is -2.21. The predicted molar refractivity (Wildman–Crippen MR) is 77.9 cm³/mol. The van der Waals surface area contributed by atoms with Gasteiger partial charge in [0.15, 0.2) is 0 Å². The van der Waals surface area contributed by atoms with Crippen molar-refractivity contribution in [2.24, 2.45) is 5.41 Å². The molecule has 0 amide bonds. The summed E-state index contributed by atoms with van der Waals surface area (Å²) in [5, 5.41) is 3.03. The van der Waals surface area contributed by atoms with Crippen LogP contribution in [0.1, 0.15) is 39.7 Å². The highest BCUT2D eigenvalue weighted by Crippen LogP contribution is 2.26. The summed E-state index contributed by atoms with van der Waals surface area (Å²) < 4.78 is 13.9. The van der Waals surface area contributed by atoms with Gasteiger partial charge in [-0.1, -0.05) is 45.6 Å². The van der Waals surface area contributed by atoms with E-state index in [0.717, 1.165) is 23.3 Å². The van der Waals surface area contributed by atoms with Gasteiger partial charge in [-0.15, -0.1) is 0 Å². The zero-order valence-electron chi connectivity index (χ0n) is 11.7. The fraction of sp³-hybridized carbons (Fsp3) is 0.375. The predicted octanol–water partition coefficient (Wildman–Crippen LogP) is 5.22. The summed E-state index contributed by atoms with van der Waals surface area (Å²) in [5.74, 6) is -0.273. The molecule has 0 atom stereocenters. The molecule has 1 N–H and O–H groups in total. The van der Waals surface area contributed by atoms with Crippen molar-refractivity contribution in [1.29, 1.82) is 0 Å². The summed E-state index contributed by atoms with van der Waals surface area (Å²) in [6.45, 7) is 16.0. The van der Waals surface area contributed by atoms with Gasteiger partial charge in [0, 0.05) is 5.70 Å². The standard InChI is InChI=1S/C16H22FN/c1-11(2)13-7-8-15(14(17)9-13)18-12(3)10-16(4,5)6/h7-9,18H,1,3,10H2,2,4-6H3. The summed E-state index contributed by atoms with van der Waals surface area (Å²) in [6, 6.07) is 5.08. The van der Waals surface area contributed by atoms with E-state index < -0.39 is 0 Å². The minimum Gasteiger partial charge on any atom is -0.357 e. The Hall–Kier alpha value is -1.57. The van der Waals surface area contributed by atoms with Gasteiger partial charge >= 0.3 is 0 Å². The molecule has 0 aliphatic heterocycles. The van der Waals surface area contributed by atoms with Crippen molar-refractivity contribution in [3.8, 4) is 0 Å². The fourth-order valence-electron chi connectivity index (χ4n) is 1.76. The Morgan fingerprint density at radius 1 is 1.28 bits per heavy atom. The maximum Gasteiger partial charge on any atom is 0.147 e. The summed E-state index contributed by atoms with van der Waals surface area (Å²) in [5.41, 5.74) is 3.10. The second-order valence-electron chi connectivity index (χ2n) is 5.94. The molecule has 98 valence electrons. The second-order valence-corrected chi connectivity index (χ2v) is 5.94. The second kappa shape index (κ2) is 5.38. The lowest BCUT2D eigenvalue weighted by molar-refractivity contribution is 0.411. The normalized spacial score (nSPS) is 11.2. The van der Waals surface area contributed by atoms with Gasteiger partial charge in [0.05, 0.1) is 5.69 Å². The maximum absolute atomic E-state index is 13.9. The van der Waals surface area contributed by atoms with Crippen molar-refractivity contribution in [3.05, 3.63) is 48.4 Å². The molecule has 0 saturated heterocycles. The molecule has 0 aliphatic carbocycles. The molecule has 0 saturated carbocycles. The Labute approximate surface area is 109 Å². The third kappa shape index (κ3) is 4.36. The van der Waals surface area contributed by atoms with Gasteiger partial charge in [-0.05, 0) is 36.5 Å². The molecule has 0 aromatic heterocycles. The van der Waals surface area contributed by atoms with Crippen LogP contribution in [-0.4, -0.2) is 0 Å². The van der Waals surface area contributed by atoms with Crippen molar-refractivity contribution in [3.63, 3.8) is 0 Å². The average Bonchev–Trinajstić information content (AvgIpc) is 2.17. The first-order chi connectivity index (χ1) is 8.19. The van der Waals surface area contributed by atoms with E-state index in [0.29, 0.717) is 5.69 Å². The van der Waals surface area contributed by atoms with E-state index in [-0.39, 0.29) is 11.2 Å². The van der Waals surface area contributed by atoms with Gasteiger partial charge in [-0.3, -0.25) is 0 Å². The van der Waals surface area contributed by atoms with E-state index in [1.165, 1.54) is 6.07 Å². The Kier molecular flexibility index (Phi) is 4.33. The number of anilines is 1. The molecule has 0 heterocycles. The monoisotopic (exact) mass is 247 g/mol. The van der Waals surface area contributed by atoms with Crippen LogP contribution in [0.15, 0.2) is 37.1 Å². The van der Waals surface area contributed by atoms with E-state index in [4.69, 9.17) is 0 Å². The number of halogens is 1. The summed E-state index contributed by atoms with van der Waals surface area (Å²) in [7, 11) is 0. The lowest BCUT2D eigenvalue weighted by Crippen LogP contribution is -2.11. The third-order valence-electron chi connectivity index (χ3n) is 2.52. The molecule has 1 aromatic rings. The fourth-order valence-corrected chi connectivity index (χ4v) is 1.76. The molecular weight excluding hydrogens is 225 g/mol. The van der Waals surface area contributed by atoms with E-state index in [1.807, 2.05) is 13.0 Å². The highest BCUT2D eigenvalue weighted by atomic mass is 19.1. The minimum atomic E-state index is -0.273. The topological polar surface area (TPSA) is 12.0 Å². The third-order valence-corrected chi connectivity index (χ3v) is 2.52. The van der Waals surface area contributed by atoms with Crippen LogP contribution in [0.3, 0.4) is 0 Å². The Morgan fingerprint density at radius 2 is 1.89 bits per heavy atom. The Morgan fingerprint density at radius 3 is 2.33 bits per heavy atom. The highest BCUT2D eigenvalue weighted by molar-refractivity contribution is 5.64. The van der Waals surface area contributed by atoms with Crippen LogP contribution in [-0.2, 0) is 0 Å². The number of allylic oxidation sites excluding steroid dienone is 2. The molecule has 0 radical (unpaired) electrons. The van der Waals surface area contributed by atoms with Crippen LogP contribution in [0.4, 0.5) is 10.1 Å². The van der Waals surface area contributed by atoms with E-state index in [9.17, 15) is 4.39 Å². The van der Waals surface area contributed by atoms with Crippen LogP contribution in [0.5, 0.6) is 0 Å². The van der Waals surface area contributed by atoms with Gasteiger partial charge in [0.1, 0.15) is 5.82 Å². The molecular formula is C16H22FN. The van der Waals surface area contributed by atoms with Crippen LogP contribution < -0.4 is 5.32 Å². The molecule has 0 fully saturated rings. The quantitative estimate of drug-likeness (QED) is 0.769. The smallest absolute Gasteiger partial charge is 0.147 e. The maximum atomic E-state index is 13.9. The molecule has 0 aliphatic rings. The first kappa shape index (κ1) is 14.5. The van der Waals surface area contributed by atoms with Crippen molar-refractivity contribution in [2.75, 3.05) is 5.32 Å². The number of benzene rings is 1. The van der Waals surface area contributed by atoms with E-state index in [1.54, 1.807) is 6.07 Å². The van der Waals surface area contributed by atoms with Gasteiger partial charge in [-0.25, -0.2) is 4.39 Å². The van der Waals surface area contributed by atoms with Crippen molar-refractivity contribution < 1.29 is 4.39 Å². The molecule has 0 unspecified atom stereocenters. The summed E-state index contributed by atoms with van der Waals surface area (Å²) >= 11 is 0. The lowest BCUT2D eigenvalue weighted by atomic mass is 9.91. The number of nitrogens with one attached hydrogen (secondary N) is 1. The zero-order chi connectivity index (χ0) is 13.9. The van der Waals surface area contributed by atoms with Crippen molar-refractivity contribution in [2.45, 2.75) is 34.1 Å². The van der Waals surface area contributed by atoms with Crippen molar-refractivity contribution >= 4 is 11.3 Å². The van der Waals surface area contributed by atoms with Gasteiger partial charge < -0.3 is 5.32 Å².